The highest BCUT2D eigenvalue weighted by molar-refractivity contribution is 9.10. The van der Waals surface area contributed by atoms with Crippen molar-refractivity contribution in [2.45, 2.75) is 52.8 Å². The van der Waals surface area contributed by atoms with Crippen LogP contribution in [0.3, 0.4) is 0 Å². The molecule has 1 atom stereocenters. The molecule has 1 amide bonds. The SMILES string of the molecule is CC(C)C(CNC(=O)OC(C)(C)C)NCc1cncc(Br)c1. The van der Waals surface area contributed by atoms with E-state index in [1.54, 1.807) is 6.20 Å². The zero-order valence-electron chi connectivity index (χ0n) is 13.9. The first-order valence-electron chi connectivity index (χ1n) is 7.47. The molecule has 0 aromatic carbocycles. The molecule has 1 aromatic heterocycles. The van der Waals surface area contributed by atoms with Crippen molar-refractivity contribution >= 4 is 22.0 Å². The van der Waals surface area contributed by atoms with Gasteiger partial charge < -0.3 is 15.4 Å². The summed E-state index contributed by atoms with van der Waals surface area (Å²) in [6, 6.07) is 2.19. The predicted molar refractivity (Wildman–Crippen MR) is 91.6 cm³/mol. The Bertz CT molecular complexity index is 487. The van der Waals surface area contributed by atoms with Crippen molar-refractivity contribution in [2.75, 3.05) is 6.54 Å². The molecular formula is C16H26BrN3O2. The first-order valence-corrected chi connectivity index (χ1v) is 8.26. The zero-order chi connectivity index (χ0) is 16.8. The van der Waals surface area contributed by atoms with Gasteiger partial charge in [-0.15, -0.1) is 0 Å². The Labute approximate surface area is 141 Å². The summed E-state index contributed by atoms with van der Waals surface area (Å²) in [5.74, 6) is 0.384. The molecule has 0 spiro atoms. The minimum absolute atomic E-state index is 0.159. The number of nitrogens with one attached hydrogen (secondary N) is 2. The lowest BCUT2D eigenvalue weighted by molar-refractivity contribution is 0.0519. The summed E-state index contributed by atoms with van der Waals surface area (Å²) in [4.78, 5) is 15.9. The van der Waals surface area contributed by atoms with Gasteiger partial charge in [0, 0.05) is 36.0 Å². The van der Waals surface area contributed by atoms with E-state index in [2.05, 4.69) is 45.4 Å². The Balaban J connectivity index is 2.47. The van der Waals surface area contributed by atoms with Gasteiger partial charge >= 0.3 is 6.09 Å². The highest BCUT2D eigenvalue weighted by atomic mass is 79.9. The maximum Gasteiger partial charge on any atom is 0.407 e. The Kier molecular flexibility index (Phi) is 7.29. The Morgan fingerprint density at radius 3 is 2.59 bits per heavy atom. The molecule has 1 heterocycles. The van der Waals surface area contributed by atoms with Gasteiger partial charge in [-0.3, -0.25) is 4.98 Å². The van der Waals surface area contributed by atoms with Gasteiger partial charge in [-0.2, -0.15) is 0 Å². The monoisotopic (exact) mass is 371 g/mol. The summed E-state index contributed by atoms with van der Waals surface area (Å²) in [7, 11) is 0. The molecular weight excluding hydrogens is 346 g/mol. The third kappa shape index (κ3) is 7.75. The average Bonchev–Trinajstić information content (AvgIpc) is 2.36. The van der Waals surface area contributed by atoms with Gasteiger partial charge in [-0.05, 0) is 54.2 Å². The fraction of sp³-hybridized carbons (Fsp3) is 0.625. The number of carbonyl (C=O) groups is 1. The van der Waals surface area contributed by atoms with Crippen molar-refractivity contribution in [3.8, 4) is 0 Å². The lowest BCUT2D eigenvalue weighted by Gasteiger charge is -2.25. The third-order valence-corrected chi connectivity index (χ3v) is 3.43. The number of aromatic nitrogens is 1. The molecule has 0 fully saturated rings. The van der Waals surface area contributed by atoms with Gasteiger partial charge in [0.05, 0.1) is 0 Å². The van der Waals surface area contributed by atoms with Crippen LogP contribution in [0.25, 0.3) is 0 Å². The maximum atomic E-state index is 11.7. The van der Waals surface area contributed by atoms with Crippen molar-refractivity contribution in [3.63, 3.8) is 0 Å². The van der Waals surface area contributed by atoms with Gasteiger partial charge in [-0.25, -0.2) is 4.79 Å². The van der Waals surface area contributed by atoms with Crippen molar-refractivity contribution < 1.29 is 9.53 Å². The van der Waals surface area contributed by atoms with Crippen LogP contribution in [-0.4, -0.2) is 29.3 Å². The summed E-state index contributed by atoms with van der Waals surface area (Å²) >= 11 is 3.41. The Morgan fingerprint density at radius 2 is 2.05 bits per heavy atom. The Morgan fingerprint density at radius 1 is 1.36 bits per heavy atom. The summed E-state index contributed by atoms with van der Waals surface area (Å²) < 4.78 is 6.21. The van der Waals surface area contributed by atoms with Gasteiger partial charge in [0.15, 0.2) is 0 Å². The molecule has 0 aliphatic carbocycles. The fourth-order valence-corrected chi connectivity index (χ4v) is 2.26. The van der Waals surface area contributed by atoms with Crippen molar-refractivity contribution in [1.82, 2.24) is 15.6 Å². The summed E-state index contributed by atoms with van der Waals surface area (Å²) in [5.41, 5.74) is 0.615. The summed E-state index contributed by atoms with van der Waals surface area (Å²) in [6.07, 6.45) is 3.20. The molecule has 0 saturated heterocycles. The zero-order valence-corrected chi connectivity index (χ0v) is 15.5. The van der Waals surface area contributed by atoms with Crippen LogP contribution in [0.5, 0.6) is 0 Å². The first-order chi connectivity index (χ1) is 10.2. The highest BCUT2D eigenvalue weighted by Crippen LogP contribution is 2.11. The van der Waals surface area contributed by atoms with Gasteiger partial charge in [0.1, 0.15) is 5.60 Å². The molecule has 0 aliphatic rings. The number of carbonyl (C=O) groups excluding carboxylic acids is 1. The van der Waals surface area contributed by atoms with E-state index in [-0.39, 0.29) is 12.1 Å². The molecule has 1 unspecified atom stereocenters. The van der Waals surface area contributed by atoms with Crippen LogP contribution in [-0.2, 0) is 11.3 Å². The molecule has 0 saturated carbocycles. The number of alkyl carbamates (subject to hydrolysis) is 1. The van der Waals surface area contributed by atoms with Crippen LogP contribution in [0.2, 0.25) is 0 Å². The highest BCUT2D eigenvalue weighted by Gasteiger charge is 2.18. The molecule has 5 nitrogen and oxygen atoms in total. The van der Waals surface area contributed by atoms with Crippen molar-refractivity contribution in [3.05, 3.63) is 28.5 Å². The molecule has 1 aromatic rings. The summed E-state index contributed by atoms with van der Waals surface area (Å²) in [6.45, 7) is 11.0. The smallest absolute Gasteiger partial charge is 0.407 e. The van der Waals surface area contributed by atoms with Gasteiger partial charge in [0.2, 0.25) is 0 Å². The topological polar surface area (TPSA) is 63.2 Å². The van der Waals surface area contributed by atoms with E-state index in [0.717, 1.165) is 10.0 Å². The second-order valence-corrected chi connectivity index (χ2v) is 7.54. The van der Waals surface area contributed by atoms with E-state index < -0.39 is 5.60 Å². The molecule has 1 rings (SSSR count). The standard InChI is InChI=1S/C16H26BrN3O2/c1-11(2)14(10-20-15(21)22-16(3,4)5)19-8-12-6-13(17)9-18-7-12/h6-7,9,11,14,19H,8,10H2,1-5H3,(H,20,21). The van der Waals surface area contributed by atoms with Gasteiger partial charge in [-0.1, -0.05) is 13.8 Å². The van der Waals surface area contributed by atoms with Crippen LogP contribution in [0, 0.1) is 5.92 Å². The number of nitrogens with zero attached hydrogens (tertiary/aromatic N) is 1. The molecule has 2 N–H and O–H groups in total. The number of rotatable bonds is 6. The molecule has 0 bridgehead atoms. The van der Waals surface area contributed by atoms with E-state index in [1.165, 1.54) is 0 Å². The second-order valence-electron chi connectivity index (χ2n) is 6.63. The second kappa shape index (κ2) is 8.48. The maximum absolute atomic E-state index is 11.7. The third-order valence-electron chi connectivity index (χ3n) is 3.00. The molecule has 6 heteroatoms. The number of hydrogen-bond donors (Lipinski definition) is 2. The van der Waals surface area contributed by atoms with Gasteiger partial charge in [0.25, 0.3) is 0 Å². The van der Waals surface area contributed by atoms with Crippen molar-refractivity contribution in [1.29, 1.82) is 0 Å². The van der Waals surface area contributed by atoms with Crippen LogP contribution in [0.1, 0.15) is 40.2 Å². The van der Waals surface area contributed by atoms with E-state index in [9.17, 15) is 4.79 Å². The minimum Gasteiger partial charge on any atom is -0.444 e. The number of ether oxygens (including phenoxy) is 1. The number of hydrogen-bond acceptors (Lipinski definition) is 4. The predicted octanol–water partition coefficient (Wildman–Crippen LogP) is 3.48. The van der Waals surface area contributed by atoms with Crippen LogP contribution in [0.15, 0.2) is 22.9 Å². The molecule has 124 valence electrons. The lowest BCUT2D eigenvalue weighted by Crippen LogP contribution is -2.45. The van der Waals surface area contributed by atoms with E-state index in [0.29, 0.717) is 19.0 Å². The molecule has 22 heavy (non-hydrogen) atoms. The van der Waals surface area contributed by atoms with E-state index in [1.807, 2.05) is 33.0 Å². The number of amides is 1. The fourth-order valence-electron chi connectivity index (χ4n) is 1.85. The molecule has 0 radical (unpaired) electrons. The lowest BCUT2D eigenvalue weighted by atomic mass is 10.0. The molecule has 0 aliphatic heterocycles. The van der Waals surface area contributed by atoms with Crippen molar-refractivity contribution in [2.24, 2.45) is 5.92 Å². The normalized spacial score (nSPS) is 13.0. The number of halogens is 1. The first kappa shape index (κ1) is 18.9. The Hall–Kier alpha value is -1.14. The number of pyridine rings is 1. The van der Waals surface area contributed by atoms with E-state index >= 15 is 0 Å². The minimum atomic E-state index is -0.479. The van der Waals surface area contributed by atoms with Crippen LogP contribution < -0.4 is 10.6 Å². The van der Waals surface area contributed by atoms with Crippen LogP contribution >= 0.6 is 15.9 Å². The largest absolute Gasteiger partial charge is 0.444 e. The van der Waals surface area contributed by atoms with E-state index in [4.69, 9.17) is 4.74 Å². The average molecular weight is 372 g/mol. The van der Waals surface area contributed by atoms with Crippen LogP contribution in [0.4, 0.5) is 4.79 Å². The quantitative estimate of drug-likeness (QED) is 0.803. The summed E-state index contributed by atoms with van der Waals surface area (Å²) in [5, 5.41) is 6.27.